The van der Waals surface area contributed by atoms with Crippen molar-refractivity contribution in [2.75, 3.05) is 0 Å². The van der Waals surface area contributed by atoms with Gasteiger partial charge in [-0.15, -0.1) is 0 Å². The van der Waals surface area contributed by atoms with Crippen LogP contribution in [0.3, 0.4) is 0 Å². The third kappa shape index (κ3) is 2.64. The van der Waals surface area contributed by atoms with Gasteiger partial charge in [0.2, 0.25) is 0 Å². The second kappa shape index (κ2) is 5.98. The number of pyridine rings is 1. The van der Waals surface area contributed by atoms with Crippen molar-refractivity contribution in [3.05, 3.63) is 90.6 Å². The lowest BCUT2D eigenvalue weighted by atomic mass is 9.99. The molecule has 0 N–H and O–H groups in total. The summed E-state index contributed by atoms with van der Waals surface area (Å²) >= 11 is 0. The van der Waals surface area contributed by atoms with Crippen LogP contribution in [0.4, 0.5) is 0 Å². The SMILES string of the molecule is N#Cc1cccc(-c2cccc(-c3cc4ccccc4cn3)c2)c1. The number of nitrogens with zero attached hydrogens (tertiary/aromatic N) is 2. The molecule has 24 heavy (non-hydrogen) atoms. The smallest absolute Gasteiger partial charge is 0.0991 e. The van der Waals surface area contributed by atoms with Crippen molar-refractivity contribution in [2.24, 2.45) is 0 Å². The Morgan fingerprint density at radius 1 is 0.667 bits per heavy atom. The van der Waals surface area contributed by atoms with Crippen LogP contribution >= 0.6 is 0 Å². The summed E-state index contributed by atoms with van der Waals surface area (Å²) in [4.78, 5) is 4.59. The molecule has 0 aliphatic heterocycles. The molecule has 0 aliphatic rings. The number of aromatic nitrogens is 1. The maximum absolute atomic E-state index is 9.08. The summed E-state index contributed by atoms with van der Waals surface area (Å²) in [6.45, 7) is 0. The Balaban J connectivity index is 1.80. The van der Waals surface area contributed by atoms with Gasteiger partial charge in [-0.1, -0.05) is 54.6 Å². The van der Waals surface area contributed by atoms with Crippen LogP contribution in [0.2, 0.25) is 0 Å². The van der Waals surface area contributed by atoms with E-state index in [0.717, 1.165) is 27.8 Å². The van der Waals surface area contributed by atoms with E-state index < -0.39 is 0 Å². The third-order valence-electron chi connectivity index (χ3n) is 4.11. The summed E-state index contributed by atoms with van der Waals surface area (Å²) in [7, 11) is 0. The van der Waals surface area contributed by atoms with Crippen LogP contribution in [0.25, 0.3) is 33.2 Å². The minimum Gasteiger partial charge on any atom is -0.256 e. The van der Waals surface area contributed by atoms with E-state index in [-0.39, 0.29) is 0 Å². The van der Waals surface area contributed by atoms with Gasteiger partial charge in [0.25, 0.3) is 0 Å². The Bertz CT molecular complexity index is 1070. The predicted molar refractivity (Wildman–Crippen MR) is 97.3 cm³/mol. The molecule has 0 fully saturated rings. The number of hydrogen-bond donors (Lipinski definition) is 0. The highest BCUT2D eigenvalue weighted by molar-refractivity contribution is 5.85. The summed E-state index contributed by atoms with van der Waals surface area (Å²) in [6.07, 6.45) is 1.91. The van der Waals surface area contributed by atoms with E-state index in [2.05, 4.69) is 47.5 Å². The van der Waals surface area contributed by atoms with Crippen LogP contribution in [0, 0.1) is 11.3 Å². The fraction of sp³-hybridized carbons (Fsp3) is 0. The first-order valence-corrected chi connectivity index (χ1v) is 7.79. The molecule has 0 unspecified atom stereocenters. The van der Waals surface area contributed by atoms with E-state index >= 15 is 0 Å². The Labute approximate surface area is 140 Å². The van der Waals surface area contributed by atoms with Crippen molar-refractivity contribution >= 4 is 10.8 Å². The molecule has 2 nitrogen and oxygen atoms in total. The van der Waals surface area contributed by atoms with Crippen molar-refractivity contribution in [1.82, 2.24) is 4.98 Å². The number of nitriles is 1. The average molecular weight is 306 g/mol. The van der Waals surface area contributed by atoms with E-state index in [1.165, 1.54) is 5.39 Å². The van der Waals surface area contributed by atoms with E-state index in [0.29, 0.717) is 5.56 Å². The van der Waals surface area contributed by atoms with Gasteiger partial charge in [-0.3, -0.25) is 4.98 Å². The molecule has 0 bridgehead atoms. The van der Waals surface area contributed by atoms with Crippen LogP contribution in [0.1, 0.15) is 5.56 Å². The molecule has 2 heteroatoms. The third-order valence-corrected chi connectivity index (χ3v) is 4.11. The zero-order chi connectivity index (χ0) is 16.4. The molecule has 3 aromatic carbocycles. The monoisotopic (exact) mass is 306 g/mol. The van der Waals surface area contributed by atoms with Gasteiger partial charge >= 0.3 is 0 Å². The van der Waals surface area contributed by atoms with E-state index in [4.69, 9.17) is 5.26 Å². The minimum absolute atomic E-state index is 0.668. The van der Waals surface area contributed by atoms with Crippen LogP contribution in [-0.4, -0.2) is 4.98 Å². The first-order chi connectivity index (χ1) is 11.8. The summed E-state index contributed by atoms with van der Waals surface area (Å²) in [5.41, 5.74) is 4.81. The molecule has 0 saturated carbocycles. The predicted octanol–water partition coefficient (Wildman–Crippen LogP) is 5.44. The van der Waals surface area contributed by atoms with Gasteiger partial charge < -0.3 is 0 Å². The van der Waals surface area contributed by atoms with Crippen molar-refractivity contribution in [2.45, 2.75) is 0 Å². The van der Waals surface area contributed by atoms with Gasteiger partial charge in [0.1, 0.15) is 0 Å². The molecular formula is C22H14N2. The molecule has 1 heterocycles. The molecule has 1 aromatic heterocycles. The van der Waals surface area contributed by atoms with Crippen LogP contribution in [0.5, 0.6) is 0 Å². The Kier molecular flexibility index (Phi) is 3.53. The summed E-state index contributed by atoms with van der Waals surface area (Å²) < 4.78 is 0. The standard InChI is InChI=1S/C22H14N2/c23-14-16-5-3-8-17(11-16)18-9-4-10-20(12-18)22-13-19-6-1-2-7-21(19)15-24-22/h1-13,15H. The van der Waals surface area contributed by atoms with Crippen molar-refractivity contribution in [3.8, 4) is 28.5 Å². The number of benzene rings is 3. The highest BCUT2D eigenvalue weighted by atomic mass is 14.7. The van der Waals surface area contributed by atoms with E-state index in [9.17, 15) is 0 Å². The van der Waals surface area contributed by atoms with Crippen LogP contribution < -0.4 is 0 Å². The van der Waals surface area contributed by atoms with E-state index in [1.807, 2.05) is 48.7 Å². The topological polar surface area (TPSA) is 36.7 Å². The average Bonchev–Trinajstić information content (AvgIpc) is 2.68. The largest absolute Gasteiger partial charge is 0.256 e. The summed E-state index contributed by atoms with van der Waals surface area (Å²) in [5.74, 6) is 0. The molecule has 0 saturated heterocycles. The molecule has 4 aromatic rings. The summed E-state index contributed by atoms with van der Waals surface area (Å²) in [5, 5.41) is 11.4. The first kappa shape index (κ1) is 14.2. The number of hydrogen-bond acceptors (Lipinski definition) is 2. The first-order valence-electron chi connectivity index (χ1n) is 7.79. The second-order valence-electron chi connectivity index (χ2n) is 5.69. The molecular weight excluding hydrogens is 292 g/mol. The second-order valence-corrected chi connectivity index (χ2v) is 5.69. The quantitative estimate of drug-likeness (QED) is 0.494. The Morgan fingerprint density at radius 2 is 1.38 bits per heavy atom. The lowest BCUT2D eigenvalue weighted by Gasteiger charge is -2.07. The normalized spacial score (nSPS) is 10.5. The Morgan fingerprint density at radius 3 is 2.21 bits per heavy atom. The molecule has 112 valence electrons. The van der Waals surface area contributed by atoms with E-state index in [1.54, 1.807) is 0 Å². The highest BCUT2D eigenvalue weighted by Crippen LogP contribution is 2.27. The number of fused-ring (bicyclic) bond motifs is 1. The lowest BCUT2D eigenvalue weighted by Crippen LogP contribution is -1.86. The van der Waals surface area contributed by atoms with Gasteiger partial charge in [-0.25, -0.2) is 0 Å². The maximum atomic E-state index is 9.08. The van der Waals surface area contributed by atoms with Crippen molar-refractivity contribution < 1.29 is 0 Å². The highest BCUT2D eigenvalue weighted by Gasteiger charge is 2.04. The molecule has 0 radical (unpaired) electrons. The van der Waals surface area contributed by atoms with Gasteiger partial charge in [0.05, 0.1) is 17.3 Å². The van der Waals surface area contributed by atoms with Crippen LogP contribution in [-0.2, 0) is 0 Å². The summed E-state index contributed by atoms with van der Waals surface area (Å²) in [6, 6.07) is 28.5. The molecule has 0 amide bonds. The van der Waals surface area contributed by atoms with Gasteiger partial charge in [0.15, 0.2) is 0 Å². The van der Waals surface area contributed by atoms with Crippen LogP contribution in [0.15, 0.2) is 85.1 Å². The molecule has 4 rings (SSSR count). The van der Waals surface area contributed by atoms with Gasteiger partial charge in [-0.2, -0.15) is 5.26 Å². The maximum Gasteiger partial charge on any atom is 0.0991 e. The zero-order valence-corrected chi connectivity index (χ0v) is 13.0. The van der Waals surface area contributed by atoms with Gasteiger partial charge in [0, 0.05) is 17.1 Å². The van der Waals surface area contributed by atoms with Crippen molar-refractivity contribution in [3.63, 3.8) is 0 Å². The van der Waals surface area contributed by atoms with Gasteiger partial charge in [-0.05, 0) is 40.8 Å². The van der Waals surface area contributed by atoms with Crippen molar-refractivity contribution in [1.29, 1.82) is 5.26 Å². The Hall–Kier alpha value is -3.44. The lowest BCUT2D eigenvalue weighted by molar-refractivity contribution is 1.36. The zero-order valence-electron chi connectivity index (χ0n) is 13.0. The number of rotatable bonds is 2. The minimum atomic E-state index is 0.668. The molecule has 0 aliphatic carbocycles. The fourth-order valence-electron chi connectivity index (χ4n) is 2.87. The fourth-order valence-corrected chi connectivity index (χ4v) is 2.87. The molecule has 0 spiro atoms. The molecule has 0 atom stereocenters.